The Kier molecular flexibility index (Phi) is 5.49. The van der Waals surface area contributed by atoms with E-state index in [2.05, 4.69) is 5.32 Å². The van der Waals surface area contributed by atoms with Crippen molar-refractivity contribution in [3.63, 3.8) is 0 Å². The van der Waals surface area contributed by atoms with Crippen LogP contribution in [0.15, 0.2) is 0 Å². The third-order valence-corrected chi connectivity index (χ3v) is 4.15. The number of rotatable bonds is 5. The van der Waals surface area contributed by atoms with E-state index in [0.717, 1.165) is 32.1 Å². The zero-order chi connectivity index (χ0) is 15.5. The summed E-state index contributed by atoms with van der Waals surface area (Å²) < 4.78 is 5.62. The summed E-state index contributed by atoms with van der Waals surface area (Å²) in [5.74, 6) is 0. The minimum atomic E-state index is -0.451. The molecule has 5 heteroatoms. The average molecular weight is 298 g/mol. The van der Waals surface area contributed by atoms with Crippen molar-refractivity contribution >= 4 is 6.09 Å². The van der Waals surface area contributed by atoms with Crippen molar-refractivity contribution in [2.75, 3.05) is 13.2 Å². The van der Waals surface area contributed by atoms with Gasteiger partial charge in [0.1, 0.15) is 5.60 Å². The average Bonchev–Trinajstić information content (AvgIpc) is 3.20. The van der Waals surface area contributed by atoms with Gasteiger partial charge in [0.25, 0.3) is 0 Å². The molecule has 2 aliphatic carbocycles. The second kappa shape index (κ2) is 6.97. The fraction of sp³-hybridized carbons (Fsp3) is 0.938. The lowest BCUT2D eigenvalue weighted by Gasteiger charge is -2.41. The molecule has 2 fully saturated rings. The molecule has 0 spiro atoms. The summed E-state index contributed by atoms with van der Waals surface area (Å²) >= 11 is 0. The van der Waals surface area contributed by atoms with Crippen molar-refractivity contribution < 1.29 is 14.6 Å². The molecule has 122 valence electrons. The number of carbonyl (C=O) groups is 1. The molecule has 0 aliphatic heterocycles. The first-order valence-electron chi connectivity index (χ1n) is 8.28. The van der Waals surface area contributed by atoms with E-state index in [1.54, 1.807) is 0 Å². The summed E-state index contributed by atoms with van der Waals surface area (Å²) in [6.07, 6.45) is 6.44. The fourth-order valence-corrected chi connectivity index (χ4v) is 3.15. The first-order chi connectivity index (χ1) is 9.92. The maximum absolute atomic E-state index is 12.6. The number of carbonyl (C=O) groups excluding carboxylic acids is 1. The number of aliphatic hydroxyl groups is 1. The summed E-state index contributed by atoms with van der Waals surface area (Å²) in [4.78, 5) is 14.6. The highest BCUT2D eigenvalue weighted by Gasteiger charge is 2.43. The lowest BCUT2D eigenvalue weighted by Crippen LogP contribution is -2.55. The van der Waals surface area contributed by atoms with Gasteiger partial charge in [-0.2, -0.15) is 0 Å². The molecule has 0 bridgehead atoms. The molecule has 2 atom stereocenters. The number of hydrogen-bond donors (Lipinski definition) is 2. The molecule has 2 saturated carbocycles. The highest BCUT2D eigenvalue weighted by Crippen LogP contribution is 2.35. The van der Waals surface area contributed by atoms with Crippen molar-refractivity contribution in [3.05, 3.63) is 0 Å². The van der Waals surface area contributed by atoms with Crippen molar-refractivity contribution in [1.82, 2.24) is 10.2 Å². The highest BCUT2D eigenvalue weighted by atomic mass is 16.6. The Bertz CT molecular complexity index is 350. The maximum Gasteiger partial charge on any atom is 0.410 e. The molecule has 21 heavy (non-hydrogen) atoms. The first-order valence-corrected chi connectivity index (χ1v) is 8.28. The number of aliphatic hydroxyl groups excluding tert-OH is 1. The highest BCUT2D eigenvalue weighted by molar-refractivity contribution is 5.69. The molecule has 0 aromatic rings. The van der Waals surface area contributed by atoms with Crippen LogP contribution in [-0.2, 0) is 4.74 Å². The quantitative estimate of drug-likeness (QED) is 0.817. The molecule has 1 amide bonds. The van der Waals surface area contributed by atoms with E-state index in [-0.39, 0.29) is 24.8 Å². The van der Waals surface area contributed by atoms with Crippen LogP contribution in [0.25, 0.3) is 0 Å². The summed E-state index contributed by atoms with van der Waals surface area (Å²) in [7, 11) is 0. The summed E-state index contributed by atoms with van der Waals surface area (Å²) in [6.45, 7) is 6.47. The van der Waals surface area contributed by atoms with Gasteiger partial charge in [0, 0.05) is 18.6 Å². The normalized spacial score (nSPS) is 26.5. The van der Waals surface area contributed by atoms with Crippen molar-refractivity contribution in [3.8, 4) is 0 Å². The maximum atomic E-state index is 12.6. The minimum absolute atomic E-state index is 0.138. The zero-order valence-corrected chi connectivity index (χ0v) is 13.6. The van der Waals surface area contributed by atoms with Crippen LogP contribution < -0.4 is 5.32 Å². The Morgan fingerprint density at radius 3 is 2.48 bits per heavy atom. The number of hydrogen-bond acceptors (Lipinski definition) is 4. The van der Waals surface area contributed by atoms with Crippen LogP contribution in [0.1, 0.15) is 59.3 Å². The van der Waals surface area contributed by atoms with Crippen LogP contribution >= 0.6 is 0 Å². The van der Waals surface area contributed by atoms with E-state index >= 15 is 0 Å². The lowest BCUT2D eigenvalue weighted by atomic mass is 9.89. The van der Waals surface area contributed by atoms with Crippen molar-refractivity contribution in [1.29, 1.82) is 0 Å². The van der Waals surface area contributed by atoms with Crippen molar-refractivity contribution in [2.24, 2.45) is 0 Å². The second-order valence-electron chi connectivity index (χ2n) is 7.25. The molecule has 0 unspecified atom stereocenters. The SMILES string of the molecule is CC(C)(C)OC(=O)N(C1CC1)[C@@H]1CCCC[C@@H]1NCCO. The van der Waals surface area contributed by atoms with Crippen LogP contribution in [0.2, 0.25) is 0 Å². The number of nitrogens with zero attached hydrogens (tertiary/aromatic N) is 1. The molecular weight excluding hydrogens is 268 g/mol. The van der Waals surface area contributed by atoms with Gasteiger partial charge in [0.2, 0.25) is 0 Å². The molecule has 2 aliphatic rings. The van der Waals surface area contributed by atoms with E-state index in [4.69, 9.17) is 9.84 Å². The fourth-order valence-electron chi connectivity index (χ4n) is 3.15. The van der Waals surface area contributed by atoms with E-state index in [1.807, 2.05) is 25.7 Å². The van der Waals surface area contributed by atoms with Crippen molar-refractivity contribution in [2.45, 2.75) is 83.0 Å². The zero-order valence-electron chi connectivity index (χ0n) is 13.6. The van der Waals surface area contributed by atoms with Crippen LogP contribution in [0.3, 0.4) is 0 Å². The van der Waals surface area contributed by atoms with Gasteiger partial charge in [0.15, 0.2) is 0 Å². The number of amides is 1. The molecule has 2 rings (SSSR count). The Balaban J connectivity index is 2.06. The van der Waals surface area contributed by atoms with Crippen LogP contribution in [0.4, 0.5) is 4.79 Å². The Hall–Kier alpha value is -0.810. The monoisotopic (exact) mass is 298 g/mol. The third kappa shape index (κ3) is 4.85. The molecular formula is C16H30N2O3. The first kappa shape index (κ1) is 16.6. The van der Waals surface area contributed by atoms with Crippen LogP contribution in [0, 0.1) is 0 Å². The van der Waals surface area contributed by atoms with E-state index < -0.39 is 5.60 Å². The second-order valence-corrected chi connectivity index (χ2v) is 7.25. The largest absolute Gasteiger partial charge is 0.444 e. The van der Waals surface area contributed by atoms with Gasteiger partial charge in [-0.25, -0.2) is 4.79 Å². The Morgan fingerprint density at radius 2 is 1.90 bits per heavy atom. The van der Waals surface area contributed by atoms with E-state index in [0.29, 0.717) is 12.6 Å². The van der Waals surface area contributed by atoms with Gasteiger partial charge >= 0.3 is 6.09 Å². The topological polar surface area (TPSA) is 61.8 Å². The summed E-state index contributed by atoms with van der Waals surface area (Å²) in [5.41, 5.74) is -0.451. The number of nitrogens with one attached hydrogen (secondary N) is 1. The molecule has 0 heterocycles. The van der Waals surface area contributed by atoms with Gasteiger partial charge in [-0.15, -0.1) is 0 Å². The van der Waals surface area contributed by atoms with Crippen LogP contribution in [0.5, 0.6) is 0 Å². The van der Waals surface area contributed by atoms with Gasteiger partial charge in [-0.1, -0.05) is 12.8 Å². The molecule has 5 nitrogen and oxygen atoms in total. The predicted molar refractivity (Wildman–Crippen MR) is 82.2 cm³/mol. The smallest absolute Gasteiger partial charge is 0.410 e. The molecule has 0 aromatic heterocycles. The van der Waals surface area contributed by atoms with E-state index in [1.165, 1.54) is 6.42 Å². The Morgan fingerprint density at radius 1 is 1.24 bits per heavy atom. The van der Waals surface area contributed by atoms with Gasteiger partial charge in [-0.05, 0) is 46.5 Å². The predicted octanol–water partition coefficient (Wildman–Crippen LogP) is 2.28. The van der Waals surface area contributed by atoms with Crippen LogP contribution in [-0.4, -0.2) is 53.0 Å². The molecule has 0 aromatic carbocycles. The molecule has 2 N–H and O–H groups in total. The molecule has 0 radical (unpaired) electrons. The standard InChI is InChI=1S/C16H30N2O3/c1-16(2,3)21-15(20)18(12-8-9-12)14-7-5-4-6-13(14)17-10-11-19/h12-14,17,19H,4-11H2,1-3H3/t13-,14+/m0/s1. The van der Waals surface area contributed by atoms with Gasteiger partial charge < -0.3 is 20.1 Å². The lowest BCUT2D eigenvalue weighted by molar-refractivity contribution is 0.00500. The van der Waals surface area contributed by atoms with E-state index in [9.17, 15) is 4.79 Å². The minimum Gasteiger partial charge on any atom is -0.444 e. The van der Waals surface area contributed by atoms with Gasteiger partial charge in [-0.3, -0.25) is 0 Å². The van der Waals surface area contributed by atoms with Gasteiger partial charge in [0.05, 0.1) is 12.6 Å². The number of ether oxygens (including phenoxy) is 1. The molecule has 0 saturated heterocycles. The summed E-state index contributed by atoms with van der Waals surface area (Å²) in [5, 5.41) is 12.4. The Labute approximate surface area is 128 Å². The summed E-state index contributed by atoms with van der Waals surface area (Å²) in [6, 6.07) is 0.827. The third-order valence-electron chi connectivity index (χ3n) is 4.15.